The molecule has 0 radical (unpaired) electrons. The van der Waals surface area contributed by atoms with Crippen LogP contribution in [0.25, 0.3) is 0 Å². The lowest BCUT2D eigenvalue weighted by Gasteiger charge is -2.14. The van der Waals surface area contributed by atoms with Gasteiger partial charge in [-0.3, -0.25) is 0 Å². The predicted molar refractivity (Wildman–Crippen MR) is 108 cm³/mol. The Bertz CT molecular complexity index is 740. The average molecular weight is 374 g/mol. The first-order chi connectivity index (χ1) is 13.1. The molecule has 0 atom stereocenters. The number of rotatable bonds is 9. The summed E-state index contributed by atoms with van der Waals surface area (Å²) in [5.41, 5.74) is 0.997. The number of hydrogen-bond acceptors (Lipinski definition) is 4. The number of nitrogens with zero attached hydrogens (tertiary/aromatic N) is 3. The number of nitrogens with one attached hydrogen (secondary N) is 2. The Morgan fingerprint density at radius 2 is 2.04 bits per heavy atom. The molecule has 148 valence electrons. The van der Waals surface area contributed by atoms with E-state index in [1.807, 2.05) is 37.5 Å². The number of imidazole rings is 1. The summed E-state index contributed by atoms with van der Waals surface area (Å²) >= 11 is 0. The molecular weight excluding hydrogens is 342 g/mol. The van der Waals surface area contributed by atoms with Gasteiger partial charge in [0, 0.05) is 37.1 Å². The van der Waals surface area contributed by atoms with Crippen LogP contribution >= 0.6 is 0 Å². The molecule has 1 heterocycles. The first-order valence-electron chi connectivity index (χ1n) is 9.30. The molecule has 27 heavy (non-hydrogen) atoms. The average Bonchev–Trinajstić information content (AvgIpc) is 3.10. The molecule has 0 fully saturated rings. The molecule has 1 aromatic carbocycles. The van der Waals surface area contributed by atoms with Crippen molar-refractivity contribution in [2.45, 2.75) is 40.4 Å². The highest BCUT2D eigenvalue weighted by Gasteiger charge is 2.08. The second kappa shape index (κ2) is 10.4. The quantitative estimate of drug-likeness (QED) is 0.522. The Balaban J connectivity index is 2.05. The van der Waals surface area contributed by atoms with E-state index in [0.29, 0.717) is 19.0 Å². The summed E-state index contributed by atoms with van der Waals surface area (Å²) in [5.74, 6) is 3.84. The van der Waals surface area contributed by atoms with Crippen molar-refractivity contribution in [1.82, 2.24) is 20.2 Å². The van der Waals surface area contributed by atoms with Crippen molar-refractivity contribution < 1.29 is 9.47 Å². The number of hydrogen-bond donors (Lipinski definition) is 2. The summed E-state index contributed by atoms with van der Waals surface area (Å²) in [6, 6.07) is 5.75. The van der Waals surface area contributed by atoms with E-state index in [2.05, 4.69) is 39.0 Å². The van der Waals surface area contributed by atoms with Crippen LogP contribution < -0.4 is 20.1 Å². The van der Waals surface area contributed by atoms with Crippen LogP contribution in [-0.2, 0) is 19.6 Å². The largest absolute Gasteiger partial charge is 0.497 e. The topological polar surface area (TPSA) is 72.7 Å². The van der Waals surface area contributed by atoms with Gasteiger partial charge < -0.3 is 24.7 Å². The van der Waals surface area contributed by atoms with E-state index in [4.69, 9.17) is 9.47 Å². The molecule has 7 nitrogen and oxygen atoms in total. The monoisotopic (exact) mass is 373 g/mol. The minimum atomic E-state index is 0.503. The molecule has 0 saturated carbocycles. The van der Waals surface area contributed by atoms with Crippen LogP contribution in [0, 0.1) is 5.92 Å². The Morgan fingerprint density at radius 1 is 1.22 bits per heavy atom. The molecule has 2 rings (SSSR count). The van der Waals surface area contributed by atoms with Crippen LogP contribution in [0.2, 0.25) is 0 Å². The minimum absolute atomic E-state index is 0.503. The fourth-order valence-electron chi connectivity index (χ4n) is 2.72. The van der Waals surface area contributed by atoms with Gasteiger partial charge in [-0.15, -0.1) is 0 Å². The molecule has 0 saturated heterocycles. The second-order valence-corrected chi connectivity index (χ2v) is 6.62. The SMILES string of the molecule is CCNC(=NCc1ccc(OC)cc1OC)NCc1nccn1CC(C)C. The molecule has 0 bridgehead atoms. The zero-order valence-electron chi connectivity index (χ0n) is 17.0. The molecule has 2 N–H and O–H groups in total. The van der Waals surface area contributed by atoms with Crippen LogP contribution in [0.5, 0.6) is 11.5 Å². The number of aliphatic imine (C=N–C) groups is 1. The third kappa shape index (κ3) is 6.20. The first kappa shape index (κ1) is 20.6. The van der Waals surface area contributed by atoms with Crippen LogP contribution in [-0.4, -0.2) is 36.3 Å². The van der Waals surface area contributed by atoms with E-state index >= 15 is 0 Å². The zero-order chi connectivity index (χ0) is 19.6. The number of ether oxygens (including phenoxy) is 2. The van der Waals surface area contributed by atoms with Gasteiger partial charge in [0.25, 0.3) is 0 Å². The van der Waals surface area contributed by atoms with Crippen LogP contribution in [0.1, 0.15) is 32.2 Å². The van der Waals surface area contributed by atoms with Crippen molar-refractivity contribution in [3.05, 3.63) is 42.0 Å². The molecule has 0 aliphatic heterocycles. The fraction of sp³-hybridized carbons (Fsp3) is 0.500. The van der Waals surface area contributed by atoms with E-state index in [-0.39, 0.29) is 0 Å². The third-order valence-corrected chi connectivity index (χ3v) is 4.02. The summed E-state index contributed by atoms with van der Waals surface area (Å²) in [6.07, 6.45) is 3.86. The van der Waals surface area contributed by atoms with E-state index in [1.54, 1.807) is 14.2 Å². The number of guanidine groups is 1. The van der Waals surface area contributed by atoms with Gasteiger partial charge in [0.1, 0.15) is 17.3 Å². The first-order valence-corrected chi connectivity index (χ1v) is 9.30. The highest BCUT2D eigenvalue weighted by Crippen LogP contribution is 2.25. The third-order valence-electron chi connectivity index (χ3n) is 4.02. The van der Waals surface area contributed by atoms with Gasteiger partial charge in [-0.1, -0.05) is 13.8 Å². The molecule has 1 aromatic heterocycles. The Morgan fingerprint density at radius 3 is 2.70 bits per heavy atom. The van der Waals surface area contributed by atoms with Gasteiger partial charge in [0.15, 0.2) is 5.96 Å². The van der Waals surface area contributed by atoms with Gasteiger partial charge in [-0.25, -0.2) is 9.98 Å². The highest BCUT2D eigenvalue weighted by molar-refractivity contribution is 5.79. The molecular formula is C20H31N5O2. The lowest BCUT2D eigenvalue weighted by Crippen LogP contribution is -2.37. The number of aromatic nitrogens is 2. The maximum absolute atomic E-state index is 5.45. The van der Waals surface area contributed by atoms with E-state index in [0.717, 1.165) is 41.9 Å². The summed E-state index contributed by atoms with van der Waals surface area (Å²) in [4.78, 5) is 9.12. The van der Waals surface area contributed by atoms with Crippen molar-refractivity contribution in [1.29, 1.82) is 0 Å². The number of methoxy groups -OCH3 is 2. The lowest BCUT2D eigenvalue weighted by atomic mass is 10.2. The van der Waals surface area contributed by atoms with Crippen LogP contribution in [0.3, 0.4) is 0 Å². The summed E-state index contributed by atoms with van der Waals surface area (Å²) < 4.78 is 12.9. The van der Waals surface area contributed by atoms with Crippen LogP contribution in [0.4, 0.5) is 0 Å². The molecule has 0 amide bonds. The van der Waals surface area contributed by atoms with Gasteiger partial charge >= 0.3 is 0 Å². The van der Waals surface area contributed by atoms with E-state index in [9.17, 15) is 0 Å². The maximum atomic E-state index is 5.45. The van der Waals surface area contributed by atoms with E-state index in [1.165, 1.54) is 0 Å². The summed E-state index contributed by atoms with van der Waals surface area (Å²) in [6.45, 7) is 9.30. The molecule has 0 unspecified atom stereocenters. The molecule has 0 aliphatic carbocycles. The van der Waals surface area contributed by atoms with Gasteiger partial charge in [0.2, 0.25) is 0 Å². The maximum Gasteiger partial charge on any atom is 0.191 e. The Labute approximate surface area is 161 Å². The predicted octanol–water partition coefficient (Wildman–Crippen LogP) is 2.81. The molecule has 7 heteroatoms. The highest BCUT2D eigenvalue weighted by atomic mass is 16.5. The van der Waals surface area contributed by atoms with Crippen molar-refractivity contribution in [2.24, 2.45) is 10.9 Å². The van der Waals surface area contributed by atoms with E-state index < -0.39 is 0 Å². The Kier molecular flexibility index (Phi) is 7.98. The summed E-state index contributed by atoms with van der Waals surface area (Å²) in [7, 11) is 3.29. The second-order valence-electron chi connectivity index (χ2n) is 6.62. The van der Waals surface area contributed by atoms with Crippen molar-refractivity contribution >= 4 is 5.96 Å². The standard InChI is InChI=1S/C20H31N5O2/c1-6-21-20(24-13-19-22-9-10-25(19)14-15(2)3)23-12-16-7-8-17(26-4)11-18(16)27-5/h7-11,15H,6,12-14H2,1-5H3,(H2,21,23,24). The number of benzene rings is 1. The van der Waals surface area contributed by atoms with Gasteiger partial charge in [-0.05, 0) is 25.0 Å². The lowest BCUT2D eigenvalue weighted by molar-refractivity contribution is 0.391. The van der Waals surface area contributed by atoms with Crippen molar-refractivity contribution in [3.63, 3.8) is 0 Å². The van der Waals surface area contributed by atoms with Crippen molar-refractivity contribution in [2.75, 3.05) is 20.8 Å². The Hall–Kier alpha value is -2.70. The van der Waals surface area contributed by atoms with Gasteiger partial charge in [0.05, 0.1) is 27.3 Å². The zero-order valence-corrected chi connectivity index (χ0v) is 17.0. The van der Waals surface area contributed by atoms with Gasteiger partial charge in [-0.2, -0.15) is 0 Å². The normalized spacial score (nSPS) is 11.6. The van der Waals surface area contributed by atoms with Crippen LogP contribution in [0.15, 0.2) is 35.6 Å². The molecule has 0 aliphatic rings. The molecule has 2 aromatic rings. The van der Waals surface area contributed by atoms with Crippen molar-refractivity contribution in [3.8, 4) is 11.5 Å². The molecule has 0 spiro atoms. The smallest absolute Gasteiger partial charge is 0.191 e. The fourth-order valence-corrected chi connectivity index (χ4v) is 2.72. The minimum Gasteiger partial charge on any atom is -0.497 e. The summed E-state index contributed by atoms with van der Waals surface area (Å²) in [5, 5.41) is 6.63.